The second-order valence-corrected chi connectivity index (χ2v) is 5.44. The molecule has 0 saturated carbocycles. The van der Waals surface area contributed by atoms with Gasteiger partial charge in [-0.05, 0) is 26.3 Å². The van der Waals surface area contributed by atoms with E-state index in [9.17, 15) is 21.6 Å². The summed E-state index contributed by atoms with van der Waals surface area (Å²) < 4.78 is 67.2. The smallest absolute Gasteiger partial charge is 0.495 e. The highest BCUT2D eigenvalue weighted by Crippen LogP contribution is 2.29. The highest BCUT2D eigenvalue weighted by atomic mass is 32.2. The van der Waals surface area contributed by atoms with Crippen molar-refractivity contribution in [2.24, 2.45) is 0 Å². The van der Waals surface area contributed by atoms with Crippen molar-refractivity contribution in [2.75, 3.05) is 0 Å². The number of halogens is 3. The normalized spacial score (nSPS) is 17.2. The van der Waals surface area contributed by atoms with Crippen LogP contribution in [0.1, 0.15) is 26.7 Å². The lowest BCUT2D eigenvalue weighted by molar-refractivity contribution is -0.0520. The van der Waals surface area contributed by atoms with Crippen molar-refractivity contribution in [2.45, 2.75) is 38.3 Å². The quantitative estimate of drug-likeness (QED) is 0.589. The van der Waals surface area contributed by atoms with Gasteiger partial charge in [0.15, 0.2) is 0 Å². The molecular weight excluding hydrogens is 273 g/mol. The molecule has 0 atom stereocenters. The standard InChI is InChI=1S/C10H13F3O4S/c1-7(2)16-8-4-3-5-9(6-8)17-18(14,15)10(11,12)13/h5-7H,3-4H2,1-2H3. The summed E-state index contributed by atoms with van der Waals surface area (Å²) in [6.07, 6.45) is 3.15. The number of allylic oxidation sites excluding steroid dienone is 3. The van der Waals surface area contributed by atoms with Crippen molar-refractivity contribution in [3.63, 3.8) is 0 Å². The molecule has 0 saturated heterocycles. The summed E-state index contributed by atoms with van der Waals surface area (Å²) in [7, 11) is -5.62. The molecule has 0 aromatic heterocycles. The van der Waals surface area contributed by atoms with E-state index in [1.807, 2.05) is 0 Å². The highest BCUT2D eigenvalue weighted by molar-refractivity contribution is 7.87. The Morgan fingerprint density at radius 2 is 1.94 bits per heavy atom. The van der Waals surface area contributed by atoms with Crippen LogP contribution in [-0.4, -0.2) is 20.0 Å². The van der Waals surface area contributed by atoms with E-state index in [4.69, 9.17) is 4.74 Å². The van der Waals surface area contributed by atoms with E-state index in [0.717, 1.165) is 6.08 Å². The monoisotopic (exact) mass is 286 g/mol. The Hall–Kier alpha value is -1.18. The molecule has 0 spiro atoms. The van der Waals surface area contributed by atoms with Crippen LogP contribution in [0.3, 0.4) is 0 Å². The van der Waals surface area contributed by atoms with Gasteiger partial charge in [0.05, 0.1) is 6.10 Å². The van der Waals surface area contributed by atoms with E-state index >= 15 is 0 Å². The summed E-state index contributed by atoms with van der Waals surface area (Å²) in [4.78, 5) is 0. The van der Waals surface area contributed by atoms with E-state index < -0.39 is 15.6 Å². The molecule has 0 aliphatic heterocycles. The number of hydrogen-bond acceptors (Lipinski definition) is 4. The third-order valence-corrected chi connectivity index (χ3v) is 2.89. The van der Waals surface area contributed by atoms with Gasteiger partial charge in [0.2, 0.25) is 0 Å². The molecule has 0 radical (unpaired) electrons. The molecular formula is C10H13F3O4S. The molecule has 18 heavy (non-hydrogen) atoms. The molecule has 104 valence electrons. The average Bonchev–Trinajstić information content (AvgIpc) is 2.14. The van der Waals surface area contributed by atoms with Gasteiger partial charge in [-0.25, -0.2) is 0 Å². The fourth-order valence-electron chi connectivity index (χ4n) is 1.27. The Morgan fingerprint density at radius 3 is 2.44 bits per heavy atom. The number of hydrogen-bond donors (Lipinski definition) is 0. The van der Waals surface area contributed by atoms with E-state index in [2.05, 4.69) is 4.18 Å². The van der Waals surface area contributed by atoms with E-state index in [1.54, 1.807) is 13.8 Å². The third kappa shape index (κ3) is 3.94. The molecule has 0 heterocycles. The van der Waals surface area contributed by atoms with Crippen LogP contribution in [-0.2, 0) is 19.0 Å². The summed E-state index contributed by atoms with van der Waals surface area (Å²) in [6.45, 7) is 3.51. The van der Waals surface area contributed by atoms with Crippen LogP contribution in [0.2, 0.25) is 0 Å². The van der Waals surface area contributed by atoms with Crippen molar-refractivity contribution in [1.29, 1.82) is 0 Å². The summed E-state index contributed by atoms with van der Waals surface area (Å²) in [5.74, 6) is 0.0362. The minimum atomic E-state index is -5.62. The predicted molar refractivity (Wildman–Crippen MR) is 57.7 cm³/mol. The van der Waals surface area contributed by atoms with E-state index in [-0.39, 0.29) is 11.9 Å². The first-order valence-electron chi connectivity index (χ1n) is 5.20. The fourth-order valence-corrected chi connectivity index (χ4v) is 1.74. The van der Waals surface area contributed by atoms with Crippen molar-refractivity contribution in [3.8, 4) is 0 Å². The molecule has 4 nitrogen and oxygen atoms in total. The number of ether oxygens (including phenoxy) is 1. The average molecular weight is 286 g/mol. The molecule has 0 amide bonds. The Bertz CT molecular complexity index is 460. The lowest BCUT2D eigenvalue weighted by Crippen LogP contribution is -2.25. The second-order valence-electron chi connectivity index (χ2n) is 3.91. The van der Waals surface area contributed by atoms with E-state index in [0.29, 0.717) is 18.6 Å². The predicted octanol–water partition coefficient (Wildman–Crippen LogP) is 2.84. The fraction of sp³-hybridized carbons (Fsp3) is 0.600. The molecule has 0 unspecified atom stereocenters. The van der Waals surface area contributed by atoms with Gasteiger partial charge in [-0.3, -0.25) is 0 Å². The van der Waals surface area contributed by atoms with Gasteiger partial charge >= 0.3 is 15.6 Å². The van der Waals surface area contributed by atoms with Crippen LogP contribution in [0.25, 0.3) is 0 Å². The van der Waals surface area contributed by atoms with Crippen LogP contribution < -0.4 is 0 Å². The lowest BCUT2D eigenvalue weighted by Gasteiger charge is -2.18. The Morgan fingerprint density at radius 1 is 1.33 bits per heavy atom. The molecule has 1 rings (SSSR count). The van der Waals surface area contributed by atoms with Crippen molar-refractivity contribution in [1.82, 2.24) is 0 Å². The van der Waals surface area contributed by atoms with Crippen molar-refractivity contribution >= 4 is 10.1 Å². The lowest BCUT2D eigenvalue weighted by atomic mass is 10.1. The number of alkyl halides is 3. The highest BCUT2D eigenvalue weighted by Gasteiger charge is 2.48. The van der Waals surface area contributed by atoms with Crippen molar-refractivity contribution in [3.05, 3.63) is 23.7 Å². The SMILES string of the molecule is CC(C)OC1=CC(OS(=O)(=O)C(F)(F)F)=CCC1. The van der Waals surface area contributed by atoms with Gasteiger partial charge in [0.1, 0.15) is 11.5 Å². The molecule has 8 heteroatoms. The maximum absolute atomic E-state index is 12.1. The molecule has 1 aliphatic carbocycles. The molecule has 0 aromatic carbocycles. The van der Waals surface area contributed by atoms with Gasteiger partial charge in [-0.15, -0.1) is 0 Å². The Balaban J connectivity index is 2.81. The molecule has 1 aliphatic rings. The van der Waals surface area contributed by atoms with Crippen LogP contribution >= 0.6 is 0 Å². The maximum Gasteiger partial charge on any atom is 0.534 e. The second kappa shape index (κ2) is 5.21. The summed E-state index contributed by atoms with van der Waals surface area (Å²) in [6, 6.07) is 0. The topological polar surface area (TPSA) is 52.6 Å². The molecule has 0 N–H and O–H groups in total. The minimum absolute atomic E-state index is 0.144. The van der Waals surface area contributed by atoms with Gasteiger partial charge in [-0.1, -0.05) is 0 Å². The van der Waals surface area contributed by atoms with Crippen LogP contribution in [0.5, 0.6) is 0 Å². The zero-order valence-electron chi connectivity index (χ0n) is 9.82. The number of rotatable bonds is 4. The van der Waals surface area contributed by atoms with Crippen LogP contribution in [0.4, 0.5) is 13.2 Å². The first kappa shape index (κ1) is 14.9. The summed E-state index contributed by atoms with van der Waals surface area (Å²) in [5, 5.41) is 0. The Labute approximate surface area is 103 Å². The largest absolute Gasteiger partial charge is 0.534 e. The van der Waals surface area contributed by atoms with Gasteiger partial charge in [0, 0.05) is 12.5 Å². The van der Waals surface area contributed by atoms with Crippen molar-refractivity contribution < 1.29 is 30.5 Å². The molecule has 0 aromatic rings. The summed E-state index contributed by atoms with van der Waals surface area (Å²) in [5.41, 5.74) is -5.43. The third-order valence-electron chi connectivity index (χ3n) is 1.92. The molecule has 0 fully saturated rings. The Kier molecular flexibility index (Phi) is 4.31. The first-order valence-corrected chi connectivity index (χ1v) is 6.61. The van der Waals surface area contributed by atoms with Crippen LogP contribution in [0, 0.1) is 0 Å². The first-order chi connectivity index (χ1) is 8.12. The van der Waals surface area contributed by atoms with E-state index in [1.165, 1.54) is 6.08 Å². The van der Waals surface area contributed by atoms with Gasteiger partial charge in [0.25, 0.3) is 0 Å². The van der Waals surface area contributed by atoms with Crippen LogP contribution in [0.15, 0.2) is 23.7 Å². The zero-order chi connectivity index (χ0) is 14.0. The maximum atomic E-state index is 12.1. The molecule has 0 bridgehead atoms. The van der Waals surface area contributed by atoms with Gasteiger partial charge in [-0.2, -0.15) is 21.6 Å². The summed E-state index contributed by atoms with van der Waals surface area (Å²) >= 11 is 0. The minimum Gasteiger partial charge on any atom is -0.495 e. The van der Waals surface area contributed by atoms with Gasteiger partial charge < -0.3 is 8.92 Å². The zero-order valence-corrected chi connectivity index (χ0v) is 10.6.